The average molecular weight is 731 g/mol. The van der Waals surface area contributed by atoms with E-state index in [1.807, 2.05) is 5.32 Å². The lowest BCUT2D eigenvalue weighted by Gasteiger charge is -2.28. The standard InChI is InChI=1S/C29H46N8O12S/c1-13(2)7-18(27(46)37-23(14(3)38)28(47)36-20(29(48)49)10-22(41)42)35-25(44)17(5-6-50-4)33-26(45)19(8-15-11-31-12-32-15)34-24(43)16(30)9-21(39)40/h11-14,16-20,23,38H,5-10,30H2,1-4H3,(H,31,32)(H,33,45)(H,34,43)(H,35,44)(H,36,47)(H,37,46)(H,39,40)(H,41,42)(H,48,49). The summed E-state index contributed by atoms with van der Waals surface area (Å²) in [7, 11) is 0. The number of aromatic nitrogens is 2. The van der Waals surface area contributed by atoms with Gasteiger partial charge in [0.2, 0.25) is 29.5 Å². The Morgan fingerprint density at radius 2 is 1.32 bits per heavy atom. The van der Waals surface area contributed by atoms with Gasteiger partial charge in [0, 0.05) is 18.3 Å². The molecule has 0 aromatic carbocycles. The monoisotopic (exact) mass is 730 g/mol. The molecule has 12 N–H and O–H groups in total. The maximum absolute atomic E-state index is 13.6. The van der Waals surface area contributed by atoms with Crippen LogP contribution in [0.1, 0.15) is 52.1 Å². The van der Waals surface area contributed by atoms with E-state index in [4.69, 9.17) is 15.9 Å². The minimum Gasteiger partial charge on any atom is -0.481 e. The Bertz CT molecular complexity index is 1340. The maximum atomic E-state index is 13.6. The van der Waals surface area contributed by atoms with Gasteiger partial charge in [-0.25, -0.2) is 9.78 Å². The average Bonchev–Trinajstić information content (AvgIpc) is 3.52. The van der Waals surface area contributed by atoms with Gasteiger partial charge in [0.05, 0.1) is 31.3 Å². The minimum absolute atomic E-state index is 0.0195. The lowest BCUT2D eigenvalue weighted by atomic mass is 10.0. The zero-order valence-corrected chi connectivity index (χ0v) is 28.8. The van der Waals surface area contributed by atoms with Crippen LogP contribution < -0.4 is 32.3 Å². The maximum Gasteiger partial charge on any atom is 0.326 e. The number of hydrogen-bond donors (Lipinski definition) is 11. The Balaban J connectivity index is 3.24. The van der Waals surface area contributed by atoms with E-state index in [2.05, 4.69) is 31.2 Å². The Hall–Kier alpha value is -4.76. The summed E-state index contributed by atoms with van der Waals surface area (Å²) >= 11 is 1.35. The summed E-state index contributed by atoms with van der Waals surface area (Å²) in [5, 5.41) is 49.2. The van der Waals surface area contributed by atoms with E-state index >= 15 is 0 Å². The fourth-order valence-corrected chi connectivity index (χ4v) is 4.90. The van der Waals surface area contributed by atoms with Gasteiger partial charge in [0.1, 0.15) is 30.2 Å². The Labute approximate surface area is 291 Å². The second-order valence-electron chi connectivity index (χ2n) is 11.8. The van der Waals surface area contributed by atoms with E-state index in [-0.39, 0.29) is 25.2 Å². The number of rotatable bonds is 23. The molecule has 5 amide bonds. The van der Waals surface area contributed by atoms with Crippen molar-refractivity contribution in [2.24, 2.45) is 11.7 Å². The first kappa shape index (κ1) is 43.3. The van der Waals surface area contributed by atoms with Gasteiger partial charge in [0.15, 0.2) is 0 Å². The molecule has 20 nitrogen and oxygen atoms in total. The SMILES string of the molecule is CSCCC(NC(=O)C(Cc1cnc[nH]1)NC(=O)C(N)CC(=O)O)C(=O)NC(CC(C)C)C(=O)NC(C(=O)NC(CC(=O)O)C(=O)O)C(C)O. The molecule has 0 spiro atoms. The van der Waals surface area contributed by atoms with Crippen molar-refractivity contribution in [2.45, 2.75) is 95.2 Å². The second kappa shape index (κ2) is 21.4. The van der Waals surface area contributed by atoms with E-state index < -0.39 is 103 Å². The van der Waals surface area contributed by atoms with E-state index in [0.717, 1.165) is 6.92 Å². The summed E-state index contributed by atoms with van der Waals surface area (Å²) in [6.07, 6.45) is 1.18. The predicted molar refractivity (Wildman–Crippen MR) is 176 cm³/mol. The molecular formula is C29H46N8O12S. The van der Waals surface area contributed by atoms with Crippen LogP contribution in [0.2, 0.25) is 0 Å². The number of carbonyl (C=O) groups is 8. The predicted octanol–water partition coefficient (Wildman–Crippen LogP) is -3.08. The normalized spacial score (nSPS) is 15.3. The number of aliphatic hydroxyl groups is 1. The van der Waals surface area contributed by atoms with Crippen molar-refractivity contribution in [1.29, 1.82) is 0 Å². The highest BCUT2D eigenvalue weighted by Crippen LogP contribution is 2.10. The number of carboxylic acids is 3. The molecule has 7 unspecified atom stereocenters. The zero-order chi connectivity index (χ0) is 38.1. The van der Waals surface area contributed by atoms with Crippen LogP contribution in [0.15, 0.2) is 12.5 Å². The van der Waals surface area contributed by atoms with Crippen molar-refractivity contribution in [3.05, 3.63) is 18.2 Å². The number of nitrogens with one attached hydrogen (secondary N) is 6. The molecule has 280 valence electrons. The van der Waals surface area contributed by atoms with E-state index in [0.29, 0.717) is 11.4 Å². The first-order chi connectivity index (χ1) is 23.4. The number of aliphatic carboxylic acids is 3. The van der Waals surface area contributed by atoms with E-state index in [1.165, 1.54) is 24.3 Å². The molecule has 0 fully saturated rings. The van der Waals surface area contributed by atoms with Gasteiger partial charge in [-0.1, -0.05) is 13.8 Å². The molecule has 0 bridgehead atoms. The second-order valence-corrected chi connectivity index (χ2v) is 12.8. The topological polar surface area (TPSA) is 332 Å². The van der Waals surface area contributed by atoms with Crippen molar-refractivity contribution in [2.75, 3.05) is 12.0 Å². The summed E-state index contributed by atoms with van der Waals surface area (Å²) in [5.74, 6) is -9.05. The minimum atomic E-state index is -1.86. The van der Waals surface area contributed by atoms with Crippen molar-refractivity contribution >= 4 is 59.2 Å². The van der Waals surface area contributed by atoms with Crippen molar-refractivity contribution < 1.29 is 58.8 Å². The molecule has 50 heavy (non-hydrogen) atoms. The number of H-pyrrole nitrogens is 1. The van der Waals surface area contributed by atoms with Gasteiger partial charge in [0.25, 0.3) is 0 Å². The number of carboxylic acid groups (broad SMARTS) is 3. The van der Waals surface area contributed by atoms with Crippen molar-refractivity contribution in [1.82, 2.24) is 36.6 Å². The van der Waals surface area contributed by atoms with Crippen LogP contribution in [0.3, 0.4) is 0 Å². The van der Waals surface area contributed by atoms with Gasteiger partial charge < -0.3 is 57.7 Å². The highest BCUT2D eigenvalue weighted by Gasteiger charge is 2.35. The number of aliphatic hydroxyl groups excluding tert-OH is 1. The van der Waals surface area contributed by atoms with Crippen LogP contribution in [-0.4, -0.2) is 132 Å². The fraction of sp³-hybridized carbons (Fsp3) is 0.621. The molecular weight excluding hydrogens is 684 g/mol. The zero-order valence-electron chi connectivity index (χ0n) is 28.0. The Morgan fingerprint density at radius 3 is 1.82 bits per heavy atom. The van der Waals surface area contributed by atoms with Gasteiger partial charge in [-0.2, -0.15) is 11.8 Å². The molecule has 0 aliphatic carbocycles. The van der Waals surface area contributed by atoms with Gasteiger partial charge in [-0.05, 0) is 37.7 Å². The molecule has 0 saturated heterocycles. The lowest BCUT2D eigenvalue weighted by Crippen LogP contribution is -2.61. The molecule has 1 aromatic rings. The third kappa shape index (κ3) is 15.6. The quantitative estimate of drug-likeness (QED) is 0.0532. The van der Waals surface area contributed by atoms with Crippen molar-refractivity contribution in [3.63, 3.8) is 0 Å². The van der Waals surface area contributed by atoms with Crippen LogP contribution in [-0.2, 0) is 44.8 Å². The van der Waals surface area contributed by atoms with Crippen LogP contribution in [0.25, 0.3) is 0 Å². The number of thioether (sulfide) groups is 1. The fourth-order valence-electron chi connectivity index (χ4n) is 4.43. The first-order valence-electron chi connectivity index (χ1n) is 15.4. The number of aromatic amines is 1. The molecule has 0 radical (unpaired) electrons. The summed E-state index contributed by atoms with van der Waals surface area (Å²) < 4.78 is 0. The van der Waals surface area contributed by atoms with Crippen molar-refractivity contribution in [3.8, 4) is 0 Å². The largest absolute Gasteiger partial charge is 0.481 e. The van der Waals surface area contributed by atoms with Gasteiger partial charge in [-0.15, -0.1) is 0 Å². The first-order valence-corrected chi connectivity index (χ1v) is 16.8. The Kier molecular flexibility index (Phi) is 18.5. The molecule has 0 aliphatic rings. The summed E-state index contributed by atoms with van der Waals surface area (Å²) in [6, 6.07) is -8.99. The number of amides is 5. The number of nitrogens with zero attached hydrogens (tertiary/aromatic N) is 1. The summed E-state index contributed by atoms with van der Waals surface area (Å²) in [6.45, 7) is 4.60. The molecule has 1 aromatic heterocycles. The van der Waals surface area contributed by atoms with E-state index in [9.17, 15) is 48.6 Å². The lowest BCUT2D eigenvalue weighted by molar-refractivity contribution is -0.148. The van der Waals surface area contributed by atoms with Crippen LogP contribution in [0.4, 0.5) is 0 Å². The van der Waals surface area contributed by atoms with E-state index in [1.54, 1.807) is 20.1 Å². The summed E-state index contributed by atoms with van der Waals surface area (Å²) in [5.41, 5.74) is 6.09. The molecule has 0 aliphatic heterocycles. The number of carbonyl (C=O) groups excluding carboxylic acids is 5. The van der Waals surface area contributed by atoms with Crippen LogP contribution >= 0.6 is 11.8 Å². The Morgan fingerprint density at radius 1 is 0.780 bits per heavy atom. The highest BCUT2D eigenvalue weighted by atomic mass is 32.2. The molecule has 7 atom stereocenters. The third-order valence-electron chi connectivity index (χ3n) is 6.98. The molecule has 0 saturated carbocycles. The summed E-state index contributed by atoms with van der Waals surface area (Å²) in [4.78, 5) is 106. The highest BCUT2D eigenvalue weighted by molar-refractivity contribution is 7.98. The van der Waals surface area contributed by atoms with Crippen LogP contribution in [0.5, 0.6) is 0 Å². The molecule has 1 heterocycles. The molecule has 21 heteroatoms. The number of hydrogen-bond acceptors (Lipinski definition) is 12. The smallest absolute Gasteiger partial charge is 0.326 e. The third-order valence-corrected chi connectivity index (χ3v) is 7.63. The van der Waals surface area contributed by atoms with Crippen LogP contribution in [0, 0.1) is 5.92 Å². The molecule has 1 rings (SSSR count). The van der Waals surface area contributed by atoms with Gasteiger partial charge in [-0.3, -0.25) is 33.6 Å². The number of imidazole rings is 1. The van der Waals surface area contributed by atoms with Gasteiger partial charge >= 0.3 is 17.9 Å². The number of nitrogens with two attached hydrogens (primary N) is 1.